The summed E-state index contributed by atoms with van der Waals surface area (Å²) in [6, 6.07) is 13.5. The second-order valence-electron chi connectivity index (χ2n) is 7.86. The summed E-state index contributed by atoms with van der Waals surface area (Å²) in [5, 5.41) is 11.5. The molecule has 1 fully saturated rings. The van der Waals surface area contributed by atoms with Gasteiger partial charge >= 0.3 is 0 Å². The number of aliphatic hydroxyl groups excluding tert-OH is 1. The van der Waals surface area contributed by atoms with Crippen LogP contribution in [-0.2, 0) is 9.59 Å². The minimum Gasteiger partial charge on any atom is -0.507 e. The molecule has 6 nitrogen and oxygen atoms in total. The number of ketones is 1. The minimum absolute atomic E-state index is 0.0780. The number of carbonyl (C=O) groups is 2. The van der Waals surface area contributed by atoms with Crippen LogP contribution >= 0.6 is 11.6 Å². The van der Waals surface area contributed by atoms with Gasteiger partial charge in [0, 0.05) is 12.1 Å². The van der Waals surface area contributed by atoms with Crippen LogP contribution in [0.2, 0.25) is 5.02 Å². The number of likely N-dealkylation sites (tertiary alicyclic amines) is 1. The van der Waals surface area contributed by atoms with Crippen LogP contribution in [0.3, 0.4) is 0 Å². The molecule has 3 rings (SSSR count). The Labute approximate surface area is 200 Å². The Morgan fingerprint density at radius 3 is 2.39 bits per heavy atom. The first-order valence-corrected chi connectivity index (χ1v) is 11.8. The fourth-order valence-electron chi connectivity index (χ4n) is 4.17. The molecule has 0 spiro atoms. The van der Waals surface area contributed by atoms with Crippen LogP contribution in [0.4, 0.5) is 0 Å². The van der Waals surface area contributed by atoms with Crippen LogP contribution in [-0.4, -0.2) is 59.4 Å². The van der Waals surface area contributed by atoms with Gasteiger partial charge in [0.25, 0.3) is 11.7 Å². The number of aliphatic hydroxyl groups is 1. The summed E-state index contributed by atoms with van der Waals surface area (Å²) < 4.78 is 5.46. The Hall–Kier alpha value is -2.83. The average molecular weight is 471 g/mol. The lowest BCUT2D eigenvalue weighted by Gasteiger charge is -2.26. The minimum atomic E-state index is -0.686. The summed E-state index contributed by atoms with van der Waals surface area (Å²) in [6.45, 7) is 9.60. The van der Waals surface area contributed by atoms with Gasteiger partial charge in [0.1, 0.15) is 11.5 Å². The molecule has 0 aromatic heterocycles. The lowest BCUT2D eigenvalue weighted by molar-refractivity contribution is -0.140. The number of amides is 1. The average Bonchev–Trinajstić information content (AvgIpc) is 3.08. The summed E-state index contributed by atoms with van der Waals surface area (Å²) in [6.07, 6.45) is 0.729. The molecule has 1 aliphatic heterocycles. The van der Waals surface area contributed by atoms with Crippen molar-refractivity contribution >= 4 is 29.1 Å². The second kappa shape index (κ2) is 11.3. The first kappa shape index (κ1) is 24.8. The molecular formula is C26H31ClN2O4. The number of nitrogens with zero attached hydrogens (tertiary/aromatic N) is 2. The summed E-state index contributed by atoms with van der Waals surface area (Å²) in [7, 11) is 0. The van der Waals surface area contributed by atoms with E-state index in [1.807, 2.05) is 37.3 Å². The first-order chi connectivity index (χ1) is 15.9. The molecule has 1 heterocycles. The van der Waals surface area contributed by atoms with E-state index in [2.05, 4.69) is 18.7 Å². The maximum atomic E-state index is 13.1. The third-order valence-electron chi connectivity index (χ3n) is 5.93. The van der Waals surface area contributed by atoms with Gasteiger partial charge in [-0.1, -0.05) is 55.8 Å². The molecule has 0 aliphatic carbocycles. The highest BCUT2D eigenvalue weighted by Gasteiger charge is 2.45. The Morgan fingerprint density at radius 1 is 1.09 bits per heavy atom. The van der Waals surface area contributed by atoms with Crippen molar-refractivity contribution in [2.75, 3.05) is 32.8 Å². The zero-order chi connectivity index (χ0) is 24.0. The molecule has 1 aliphatic rings. The summed E-state index contributed by atoms with van der Waals surface area (Å²) >= 11 is 6.31. The molecule has 33 heavy (non-hydrogen) atoms. The van der Waals surface area contributed by atoms with E-state index in [4.69, 9.17) is 16.3 Å². The van der Waals surface area contributed by atoms with E-state index in [9.17, 15) is 14.7 Å². The maximum absolute atomic E-state index is 13.1. The van der Waals surface area contributed by atoms with Crippen LogP contribution in [0.15, 0.2) is 54.1 Å². The van der Waals surface area contributed by atoms with Gasteiger partial charge in [-0.2, -0.15) is 0 Å². The fraction of sp³-hybridized carbons (Fsp3) is 0.385. The normalized spacial score (nSPS) is 17.7. The number of benzene rings is 2. The van der Waals surface area contributed by atoms with Gasteiger partial charge in [-0.25, -0.2) is 0 Å². The van der Waals surface area contributed by atoms with Gasteiger partial charge in [0.05, 0.1) is 23.2 Å². The van der Waals surface area contributed by atoms with E-state index in [1.54, 1.807) is 23.1 Å². The smallest absolute Gasteiger partial charge is 0.295 e. The quantitative estimate of drug-likeness (QED) is 0.304. The SMILES string of the molecule is CCOc1ccc(/C(O)=C2\C(=O)C(=O)N(CCCN(CC)CC)C2c2ccccc2)cc1Cl. The van der Waals surface area contributed by atoms with Gasteiger partial charge < -0.3 is 19.6 Å². The molecule has 1 saturated heterocycles. The van der Waals surface area contributed by atoms with E-state index in [1.165, 1.54) is 0 Å². The molecular weight excluding hydrogens is 440 g/mol. The largest absolute Gasteiger partial charge is 0.507 e. The molecule has 176 valence electrons. The Morgan fingerprint density at radius 2 is 1.79 bits per heavy atom. The monoisotopic (exact) mass is 470 g/mol. The lowest BCUT2D eigenvalue weighted by atomic mass is 9.95. The van der Waals surface area contributed by atoms with Crippen molar-refractivity contribution in [3.8, 4) is 5.75 Å². The van der Waals surface area contributed by atoms with Crippen LogP contribution in [0.1, 0.15) is 44.4 Å². The van der Waals surface area contributed by atoms with Crippen LogP contribution in [0, 0.1) is 0 Å². The number of carbonyl (C=O) groups excluding carboxylic acids is 2. The fourth-order valence-corrected chi connectivity index (χ4v) is 4.41. The highest BCUT2D eigenvalue weighted by atomic mass is 35.5. The van der Waals surface area contributed by atoms with Crippen molar-refractivity contribution in [1.29, 1.82) is 0 Å². The molecule has 1 atom stereocenters. The lowest BCUT2D eigenvalue weighted by Crippen LogP contribution is -2.33. The van der Waals surface area contributed by atoms with E-state index in [0.29, 0.717) is 29.5 Å². The Kier molecular flexibility index (Phi) is 8.53. The molecule has 2 aromatic rings. The molecule has 1 amide bonds. The number of rotatable bonds is 10. The summed E-state index contributed by atoms with van der Waals surface area (Å²) in [4.78, 5) is 30.0. The summed E-state index contributed by atoms with van der Waals surface area (Å²) in [5.74, 6) is -1.03. The highest BCUT2D eigenvalue weighted by molar-refractivity contribution is 6.46. The number of halogens is 1. The third kappa shape index (κ3) is 5.40. The zero-order valence-electron chi connectivity index (χ0n) is 19.4. The van der Waals surface area contributed by atoms with Gasteiger partial charge in [-0.15, -0.1) is 0 Å². The predicted octanol–water partition coefficient (Wildman–Crippen LogP) is 4.89. The van der Waals surface area contributed by atoms with Gasteiger partial charge in [0.2, 0.25) is 0 Å². The Balaban J connectivity index is 2.01. The number of hydrogen-bond donors (Lipinski definition) is 1. The van der Waals surface area contributed by atoms with Gasteiger partial charge in [-0.3, -0.25) is 9.59 Å². The standard InChI is InChI=1S/C26H31ClN2O4/c1-4-28(5-2)15-10-16-29-23(18-11-8-7-9-12-18)22(25(31)26(29)32)24(30)19-13-14-21(33-6-3)20(27)17-19/h7-9,11-14,17,23,30H,4-6,10,15-16H2,1-3H3/b24-22+. The molecule has 7 heteroatoms. The molecule has 0 saturated carbocycles. The van der Waals surface area contributed by atoms with Crippen molar-refractivity contribution in [2.45, 2.75) is 33.2 Å². The van der Waals surface area contributed by atoms with E-state index in [-0.39, 0.29) is 11.3 Å². The topological polar surface area (TPSA) is 70.1 Å². The molecule has 1 N–H and O–H groups in total. The van der Waals surface area contributed by atoms with E-state index >= 15 is 0 Å². The van der Waals surface area contributed by atoms with Gasteiger partial charge in [-0.05, 0) is 56.7 Å². The zero-order valence-corrected chi connectivity index (χ0v) is 20.1. The van der Waals surface area contributed by atoms with Crippen LogP contribution < -0.4 is 4.74 Å². The van der Waals surface area contributed by atoms with Gasteiger partial charge in [0.15, 0.2) is 0 Å². The van der Waals surface area contributed by atoms with E-state index in [0.717, 1.165) is 31.6 Å². The van der Waals surface area contributed by atoms with Crippen LogP contribution in [0.5, 0.6) is 5.75 Å². The second-order valence-corrected chi connectivity index (χ2v) is 8.27. The molecule has 1 unspecified atom stereocenters. The number of ether oxygens (including phenoxy) is 1. The van der Waals surface area contributed by atoms with Crippen molar-refractivity contribution in [1.82, 2.24) is 9.80 Å². The van der Waals surface area contributed by atoms with Crippen LogP contribution in [0.25, 0.3) is 5.76 Å². The third-order valence-corrected chi connectivity index (χ3v) is 6.22. The predicted molar refractivity (Wildman–Crippen MR) is 130 cm³/mol. The maximum Gasteiger partial charge on any atom is 0.295 e. The number of hydrogen-bond acceptors (Lipinski definition) is 5. The van der Waals surface area contributed by atoms with Crippen molar-refractivity contribution in [2.24, 2.45) is 0 Å². The molecule has 0 radical (unpaired) electrons. The molecule has 0 bridgehead atoms. The summed E-state index contributed by atoms with van der Waals surface area (Å²) in [5.41, 5.74) is 1.22. The highest BCUT2D eigenvalue weighted by Crippen LogP contribution is 2.40. The number of Topliss-reactive ketones (excluding diaryl/α,β-unsaturated/α-hetero) is 1. The Bertz CT molecular complexity index is 1020. The van der Waals surface area contributed by atoms with Crippen molar-refractivity contribution < 1.29 is 19.4 Å². The first-order valence-electron chi connectivity index (χ1n) is 11.4. The molecule has 2 aromatic carbocycles. The van der Waals surface area contributed by atoms with Crippen molar-refractivity contribution in [3.63, 3.8) is 0 Å². The van der Waals surface area contributed by atoms with Crippen molar-refractivity contribution in [3.05, 3.63) is 70.3 Å². The van der Waals surface area contributed by atoms with E-state index < -0.39 is 17.7 Å².